The third-order valence-corrected chi connectivity index (χ3v) is 4.10. The average molecular weight is 326 g/mol. The van der Waals surface area contributed by atoms with Gasteiger partial charge in [-0.25, -0.2) is 10.2 Å². The summed E-state index contributed by atoms with van der Waals surface area (Å²) in [5, 5.41) is 8.76. The molecule has 1 aliphatic carbocycles. The summed E-state index contributed by atoms with van der Waals surface area (Å²) in [7, 11) is 0. The van der Waals surface area contributed by atoms with Gasteiger partial charge < -0.3 is 9.84 Å². The molecule has 2 aromatic rings. The largest absolute Gasteiger partial charge is 0.480 e. The van der Waals surface area contributed by atoms with E-state index < -0.39 is 18.1 Å². The number of ether oxygens (including phenoxy) is 1. The first kappa shape index (κ1) is 16.0. The van der Waals surface area contributed by atoms with Gasteiger partial charge in [0.1, 0.15) is 12.6 Å². The normalized spacial score (nSPS) is 13.7. The highest BCUT2D eigenvalue weighted by Gasteiger charge is 2.29. The molecule has 24 heavy (non-hydrogen) atoms. The predicted octanol–water partition coefficient (Wildman–Crippen LogP) is 2.50. The Morgan fingerprint density at radius 3 is 2.17 bits per heavy atom. The smallest absolute Gasteiger partial charge is 0.421 e. The number of aliphatic carboxylic acids is 1. The molecule has 1 amide bonds. The first-order valence-corrected chi connectivity index (χ1v) is 7.67. The molecule has 3 N–H and O–H groups in total. The summed E-state index contributed by atoms with van der Waals surface area (Å²) in [5.74, 6) is -1.09. The Morgan fingerprint density at radius 1 is 1.08 bits per heavy atom. The number of carbonyl (C=O) groups excluding carboxylic acids is 1. The number of carboxylic acid groups (broad SMARTS) is 1. The van der Waals surface area contributed by atoms with Crippen LogP contribution in [-0.4, -0.2) is 29.8 Å². The van der Waals surface area contributed by atoms with Crippen molar-refractivity contribution in [1.82, 2.24) is 10.9 Å². The number of carbonyl (C=O) groups is 2. The van der Waals surface area contributed by atoms with E-state index in [1.54, 1.807) is 0 Å². The third kappa shape index (κ3) is 3.09. The minimum atomic E-state index is -1.06. The fraction of sp³-hybridized carbons (Fsp3) is 0.222. The fourth-order valence-electron chi connectivity index (χ4n) is 2.86. The van der Waals surface area contributed by atoms with Crippen LogP contribution in [0.1, 0.15) is 24.0 Å². The van der Waals surface area contributed by atoms with Gasteiger partial charge in [0.05, 0.1) is 0 Å². The molecule has 0 radical (unpaired) electrons. The van der Waals surface area contributed by atoms with Crippen LogP contribution in [0.5, 0.6) is 0 Å². The van der Waals surface area contributed by atoms with Gasteiger partial charge in [-0.15, -0.1) is 0 Å². The first-order chi connectivity index (χ1) is 11.6. The second kappa shape index (κ2) is 6.72. The summed E-state index contributed by atoms with van der Waals surface area (Å²) in [5.41, 5.74) is 9.17. The second-order valence-electron chi connectivity index (χ2n) is 5.65. The number of rotatable bonds is 5. The van der Waals surface area contributed by atoms with Crippen molar-refractivity contribution in [3.8, 4) is 11.1 Å². The minimum Gasteiger partial charge on any atom is -0.480 e. The van der Waals surface area contributed by atoms with Crippen LogP contribution in [0.3, 0.4) is 0 Å². The molecular formula is C18H18N2O4. The summed E-state index contributed by atoms with van der Waals surface area (Å²) < 4.78 is 5.26. The van der Waals surface area contributed by atoms with Crippen LogP contribution in [0, 0.1) is 0 Å². The van der Waals surface area contributed by atoms with Gasteiger partial charge in [0.2, 0.25) is 0 Å². The van der Waals surface area contributed by atoms with Crippen LogP contribution >= 0.6 is 0 Å². The van der Waals surface area contributed by atoms with Gasteiger partial charge in [-0.2, -0.15) is 0 Å². The molecule has 0 aromatic heterocycles. The Balaban J connectivity index is 1.67. The maximum absolute atomic E-state index is 11.8. The van der Waals surface area contributed by atoms with Gasteiger partial charge in [0, 0.05) is 5.92 Å². The molecule has 0 unspecified atom stereocenters. The topological polar surface area (TPSA) is 87.7 Å². The Hall–Kier alpha value is -2.86. The number of hydrazine groups is 1. The molecule has 0 saturated carbocycles. The molecule has 0 heterocycles. The molecular weight excluding hydrogens is 308 g/mol. The van der Waals surface area contributed by atoms with Crippen LogP contribution in [0.4, 0.5) is 4.79 Å². The van der Waals surface area contributed by atoms with Crippen molar-refractivity contribution < 1.29 is 19.4 Å². The van der Waals surface area contributed by atoms with Crippen LogP contribution in [0.25, 0.3) is 11.1 Å². The van der Waals surface area contributed by atoms with Crippen molar-refractivity contribution >= 4 is 12.1 Å². The number of hydrogen-bond donors (Lipinski definition) is 3. The number of benzene rings is 2. The lowest BCUT2D eigenvalue weighted by Crippen LogP contribution is -2.46. The Kier molecular flexibility index (Phi) is 4.48. The molecule has 1 aliphatic rings. The Labute approximate surface area is 139 Å². The molecule has 3 rings (SSSR count). The summed E-state index contributed by atoms with van der Waals surface area (Å²) in [4.78, 5) is 22.5. The molecule has 0 bridgehead atoms. The zero-order chi connectivity index (χ0) is 17.1. The quantitative estimate of drug-likeness (QED) is 0.735. The average Bonchev–Trinajstić information content (AvgIpc) is 2.92. The highest BCUT2D eigenvalue weighted by atomic mass is 16.6. The van der Waals surface area contributed by atoms with E-state index in [1.807, 2.05) is 36.4 Å². The van der Waals surface area contributed by atoms with Gasteiger partial charge in [-0.1, -0.05) is 48.5 Å². The standard InChI is InChI=1S/C18H18N2O4/c1-11(17(21)22)19-20-18(23)24-10-16-14-8-4-2-6-12(14)13-7-3-5-9-15(13)16/h2-9,11,16,19H,10H2,1H3,(H,20,23)(H,21,22)/t11-/m1/s1. The third-order valence-electron chi connectivity index (χ3n) is 4.10. The van der Waals surface area contributed by atoms with Crippen molar-refractivity contribution in [2.75, 3.05) is 6.61 Å². The summed E-state index contributed by atoms with van der Waals surface area (Å²) in [6.07, 6.45) is -0.704. The molecule has 6 heteroatoms. The molecule has 124 valence electrons. The van der Waals surface area contributed by atoms with Crippen LogP contribution in [-0.2, 0) is 9.53 Å². The van der Waals surface area contributed by atoms with E-state index in [0.29, 0.717) is 0 Å². The van der Waals surface area contributed by atoms with Crippen molar-refractivity contribution in [2.24, 2.45) is 0 Å². The monoisotopic (exact) mass is 326 g/mol. The zero-order valence-electron chi connectivity index (χ0n) is 13.2. The lowest BCUT2D eigenvalue weighted by atomic mass is 9.98. The first-order valence-electron chi connectivity index (χ1n) is 7.67. The number of carboxylic acids is 1. The predicted molar refractivity (Wildman–Crippen MR) is 88.4 cm³/mol. The zero-order valence-corrected chi connectivity index (χ0v) is 13.2. The molecule has 0 aliphatic heterocycles. The lowest BCUT2D eigenvalue weighted by molar-refractivity contribution is -0.139. The van der Waals surface area contributed by atoms with Gasteiger partial charge in [-0.3, -0.25) is 10.2 Å². The van der Waals surface area contributed by atoms with Gasteiger partial charge in [0.25, 0.3) is 0 Å². The molecule has 0 spiro atoms. The van der Waals surface area contributed by atoms with E-state index in [9.17, 15) is 9.59 Å². The Morgan fingerprint density at radius 2 is 1.62 bits per heavy atom. The molecule has 6 nitrogen and oxygen atoms in total. The van der Waals surface area contributed by atoms with Crippen LogP contribution in [0.15, 0.2) is 48.5 Å². The van der Waals surface area contributed by atoms with E-state index in [4.69, 9.17) is 9.84 Å². The van der Waals surface area contributed by atoms with Gasteiger partial charge in [-0.05, 0) is 29.2 Å². The SMILES string of the molecule is C[C@@H](NNC(=O)OCC1c2ccccc2-c2ccccc21)C(=O)O. The molecule has 0 fully saturated rings. The number of fused-ring (bicyclic) bond motifs is 3. The maximum Gasteiger partial charge on any atom is 0.421 e. The van der Waals surface area contributed by atoms with Gasteiger partial charge in [0.15, 0.2) is 0 Å². The minimum absolute atomic E-state index is 0.0277. The highest BCUT2D eigenvalue weighted by molar-refractivity contribution is 5.79. The fourth-order valence-corrected chi connectivity index (χ4v) is 2.86. The number of nitrogens with one attached hydrogen (secondary N) is 2. The van der Waals surface area contributed by atoms with Crippen LogP contribution < -0.4 is 10.9 Å². The van der Waals surface area contributed by atoms with Crippen molar-refractivity contribution in [2.45, 2.75) is 18.9 Å². The maximum atomic E-state index is 11.8. The Bertz CT molecular complexity index is 730. The summed E-state index contributed by atoms with van der Waals surface area (Å²) in [6.45, 7) is 1.61. The highest BCUT2D eigenvalue weighted by Crippen LogP contribution is 2.44. The van der Waals surface area contributed by atoms with Crippen molar-refractivity contribution in [3.63, 3.8) is 0 Å². The second-order valence-corrected chi connectivity index (χ2v) is 5.65. The number of amides is 1. The van der Waals surface area contributed by atoms with E-state index in [1.165, 1.54) is 6.92 Å². The van der Waals surface area contributed by atoms with E-state index in [-0.39, 0.29) is 12.5 Å². The lowest BCUT2D eigenvalue weighted by Gasteiger charge is -2.15. The summed E-state index contributed by atoms with van der Waals surface area (Å²) >= 11 is 0. The van der Waals surface area contributed by atoms with E-state index >= 15 is 0 Å². The molecule has 1 atom stereocenters. The van der Waals surface area contributed by atoms with Crippen molar-refractivity contribution in [3.05, 3.63) is 59.7 Å². The molecule has 2 aromatic carbocycles. The molecule has 0 saturated heterocycles. The van der Waals surface area contributed by atoms with E-state index in [0.717, 1.165) is 22.3 Å². The number of hydrogen-bond acceptors (Lipinski definition) is 4. The van der Waals surface area contributed by atoms with Crippen molar-refractivity contribution in [1.29, 1.82) is 0 Å². The van der Waals surface area contributed by atoms with Crippen LogP contribution in [0.2, 0.25) is 0 Å². The van der Waals surface area contributed by atoms with E-state index in [2.05, 4.69) is 23.0 Å². The summed E-state index contributed by atoms with van der Waals surface area (Å²) in [6, 6.07) is 15.2. The van der Waals surface area contributed by atoms with Gasteiger partial charge >= 0.3 is 12.1 Å².